The van der Waals surface area contributed by atoms with Gasteiger partial charge < -0.3 is 5.32 Å². The fraction of sp³-hybridized carbons (Fsp3) is 0.167. The molecule has 0 aliphatic heterocycles. The van der Waals surface area contributed by atoms with Gasteiger partial charge in [0.1, 0.15) is 5.82 Å². The first-order valence-corrected chi connectivity index (χ1v) is 7.02. The van der Waals surface area contributed by atoms with Crippen molar-refractivity contribution in [2.24, 2.45) is 0 Å². The van der Waals surface area contributed by atoms with Gasteiger partial charge in [-0.05, 0) is 53.2 Å². The summed E-state index contributed by atoms with van der Waals surface area (Å²) in [6.07, 6.45) is 0. The molecule has 1 nitrogen and oxygen atoms in total. The highest BCUT2D eigenvalue weighted by Crippen LogP contribution is 2.29. The van der Waals surface area contributed by atoms with Gasteiger partial charge in [0, 0.05) is 10.6 Å². The monoisotopic (exact) mass is 333 g/mol. The summed E-state index contributed by atoms with van der Waals surface area (Å²) in [6.45, 7) is 2.02. The Balaban J connectivity index is 2.12. The molecule has 1 heterocycles. The first-order chi connectivity index (χ1) is 8.06. The number of rotatable bonds is 3. The molecule has 2 rings (SSSR count). The van der Waals surface area contributed by atoms with Crippen LogP contribution in [0.25, 0.3) is 0 Å². The summed E-state index contributed by atoms with van der Waals surface area (Å²) < 4.78 is 14.6. The summed E-state index contributed by atoms with van der Waals surface area (Å²) in [7, 11) is 0. The summed E-state index contributed by atoms with van der Waals surface area (Å²) in [4.78, 5) is 1.12. The van der Waals surface area contributed by atoms with Crippen LogP contribution in [0, 0.1) is 5.82 Å². The van der Waals surface area contributed by atoms with Gasteiger partial charge in [0.2, 0.25) is 0 Å². The molecule has 2 aromatic rings. The van der Waals surface area contributed by atoms with Gasteiger partial charge in [0.15, 0.2) is 0 Å². The fourth-order valence-corrected chi connectivity index (χ4v) is 2.78. The Labute approximate surface area is 117 Å². The van der Waals surface area contributed by atoms with E-state index in [0.717, 1.165) is 14.9 Å². The van der Waals surface area contributed by atoms with Crippen molar-refractivity contribution >= 4 is 44.6 Å². The van der Waals surface area contributed by atoms with Crippen molar-refractivity contribution in [3.05, 3.63) is 49.8 Å². The third-order valence-corrected chi connectivity index (χ3v) is 4.38. The van der Waals surface area contributed by atoms with Gasteiger partial charge in [-0.1, -0.05) is 11.6 Å². The molecule has 5 heteroatoms. The SMILES string of the molecule is CC(Nc1ccc(Br)c(F)c1)c1ccc(Cl)s1. The molecule has 0 spiro atoms. The van der Waals surface area contributed by atoms with Crippen LogP contribution in [0.1, 0.15) is 17.8 Å². The van der Waals surface area contributed by atoms with Crippen LogP contribution in [0.5, 0.6) is 0 Å². The second-order valence-electron chi connectivity index (χ2n) is 3.64. The molecule has 90 valence electrons. The lowest BCUT2D eigenvalue weighted by Gasteiger charge is -2.13. The maximum absolute atomic E-state index is 13.3. The zero-order valence-corrected chi connectivity index (χ0v) is 12.2. The zero-order chi connectivity index (χ0) is 12.4. The maximum Gasteiger partial charge on any atom is 0.139 e. The van der Waals surface area contributed by atoms with Gasteiger partial charge in [-0.25, -0.2) is 4.39 Å². The van der Waals surface area contributed by atoms with E-state index in [9.17, 15) is 4.39 Å². The molecule has 0 saturated carbocycles. The largest absolute Gasteiger partial charge is 0.378 e. The van der Waals surface area contributed by atoms with Crippen molar-refractivity contribution in [1.82, 2.24) is 0 Å². The number of halogens is 3. The van der Waals surface area contributed by atoms with Crippen LogP contribution in [0.2, 0.25) is 4.34 Å². The first kappa shape index (κ1) is 12.9. The van der Waals surface area contributed by atoms with Crippen molar-refractivity contribution in [3.63, 3.8) is 0 Å². The molecule has 1 atom stereocenters. The zero-order valence-electron chi connectivity index (χ0n) is 9.01. The van der Waals surface area contributed by atoms with Gasteiger partial charge in [-0.3, -0.25) is 0 Å². The molecule has 1 aromatic carbocycles. The molecule has 1 aromatic heterocycles. The third kappa shape index (κ3) is 3.21. The van der Waals surface area contributed by atoms with E-state index in [1.54, 1.807) is 6.07 Å². The molecule has 0 radical (unpaired) electrons. The molecule has 0 aliphatic carbocycles. The minimum absolute atomic E-state index is 0.105. The van der Waals surface area contributed by atoms with Crippen molar-refractivity contribution in [2.45, 2.75) is 13.0 Å². The number of thiophene rings is 1. The number of hydrogen-bond donors (Lipinski definition) is 1. The molecular formula is C12H10BrClFNS. The molecule has 0 fully saturated rings. The third-order valence-electron chi connectivity index (χ3n) is 2.32. The Hall–Kier alpha value is -0.580. The normalized spacial score (nSPS) is 12.5. The van der Waals surface area contributed by atoms with Crippen molar-refractivity contribution in [2.75, 3.05) is 5.32 Å². The predicted octanol–water partition coefficient (Wildman–Crippen LogP) is 5.48. The summed E-state index contributed by atoms with van der Waals surface area (Å²) in [5.41, 5.74) is 0.753. The topological polar surface area (TPSA) is 12.0 Å². The molecule has 0 bridgehead atoms. The molecule has 0 amide bonds. The van der Waals surface area contributed by atoms with Crippen LogP contribution in [0.3, 0.4) is 0 Å². The van der Waals surface area contributed by atoms with Crippen LogP contribution in [0.4, 0.5) is 10.1 Å². The lowest BCUT2D eigenvalue weighted by molar-refractivity contribution is 0.621. The highest BCUT2D eigenvalue weighted by molar-refractivity contribution is 9.10. The van der Waals surface area contributed by atoms with Crippen LogP contribution < -0.4 is 5.32 Å². The van der Waals surface area contributed by atoms with E-state index in [0.29, 0.717) is 4.47 Å². The Bertz CT molecular complexity index is 529. The molecule has 1 N–H and O–H groups in total. The highest BCUT2D eigenvalue weighted by atomic mass is 79.9. The van der Waals surface area contributed by atoms with Crippen LogP contribution in [-0.2, 0) is 0 Å². The number of hydrogen-bond acceptors (Lipinski definition) is 2. The number of anilines is 1. The van der Waals surface area contributed by atoms with Crippen LogP contribution in [0.15, 0.2) is 34.8 Å². The first-order valence-electron chi connectivity index (χ1n) is 5.03. The van der Waals surface area contributed by atoms with E-state index in [4.69, 9.17) is 11.6 Å². The minimum Gasteiger partial charge on any atom is -0.378 e. The molecular weight excluding hydrogens is 325 g/mol. The van der Waals surface area contributed by atoms with Crippen molar-refractivity contribution in [1.29, 1.82) is 0 Å². The van der Waals surface area contributed by atoms with E-state index < -0.39 is 0 Å². The quantitative estimate of drug-likeness (QED) is 0.784. The summed E-state index contributed by atoms with van der Waals surface area (Å²) in [5, 5.41) is 3.23. The van der Waals surface area contributed by atoms with Crippen molar-refractivity contribution < 1.29 is 4.39 Å². The molecule has 17 heavy (non-hydrogen) atoms. The van der Waals surface area contributed by atoms with E-state index in [2.05, 4.69) is 21.2 Å². The average Bonchev–Trinajstić information content (AvgIpc) is 2.70. The average molecular weight is 335 g/mol. The van der Waals surface area contributed by atoms with Crippen molar-refractivity contribution in [3.8, 4) is 0 Å². The second-order valence-corrected chi connectivity index (χ2v) is 6.24. The fourth-order valence-electron chi connectivity index (χ4n) is 1.47. The molecule has 0 saturated heterocycles. The summed E-state index contributed by atoms with van der Waals surface area (Å²) in [6, 6.07) is 8.93. The Morgan fingerprint density at radius 3 is 2.71 bits per heavy atom. The van der Waals surface area contributed by atoms with Crippen LogP contribution in [-0.4, -0.2) is 0 Å². The molecule has 1 unspecified atom stereocenters. The lowest BCUT2D eigenvalue weighted by atomic mass is 10.2. The Kier molecular flexibility index (Phi) is 4.07. The Morgan fingerprint density at radius 1 is 1.35 bits per heavy atom. The number of nitrogens with one attached hydrogen (secondary N) is 1. The number of benzene rings is 1. The van der Waals surface area contributed by atoms with E-state index >= 15 is 0 Å². The lowest BCUT2D eigenvalue weighted by Crippen LogP contribution is -2.04. The van der Waals surface area contributed by atoms with Crippen LogP contribution >= 0.6 is 38.9 Å². The van der Waals surface area contributed by atoms with E-state index in [-0.39, 0.29) is 11.9 Å². The summed E-state index contributed by atoms with van der Waals surface area (Å²) >= 11 is 10.5. The van der Waals surface area contributed by atoms with E-state index in [1.165, 1.54) is 17.4 Å². The van der Waals surface area contributed by atoms with Gasteiger partial charge in [0.05, 0.1) is 14.9 Å². The maximum atomic E-state index is 13.3. The van der Waals surface area contributed by atoms with Gasteiger partial charge in [0.25, 0.3) is 0 Å². The highest BCUT2D eigenvalue weighted by Gasteiger charge is 2.09. The second kappa shape index (κ2) is 5.38. The minimum atomic E-state index is -0.272. The van der Waals surface area contributed by atoms with E-state index in [1.807, 2.05) is 25.1 Å². The van der Waals surface area contributed by atoms with Gasteiger partial charge in [-0.2, -0.15) is 0 Å². The smallest absolute Gasteiger partial charge is 0.139 e. The van der Waals surface area contributed by atoms with Gasteiger partial charge >= 0.3 is 0 Å². The predicted molar refractivity (Wildman–Crippen MR) is 75.5 cm³/mol. The van der Waals surface area contributed by atoms with Gasteiger partial charge in [-0.15, -0.1) is 11.3 Å². The molecule has 0 aliphatic rings. The Morgan fingerprint density at radius 2 is 2.12 bits per heavy atom. The standard InChI is InChI=1S/C12H10BrClFNS/c1-7(11-4-5-12(14)17-11)16-8-2-3-9(13)10(15)6-8/h2-7,16H,1H3. The summed E-state index contributed by atoms with van der Waals surface area (Å²) in [5.74, 6) is -0.272.